The van der Waals surface area contributed by atoms with Crippen LogP contribution in [-0.4, -0.2) is 13.3 Å². The van der Waals surface area contributed by atoms with Crippen LogP contribution in [0.3, 0.4) is 0 Å². The molecule has 0 bridgehead atoms. The van der Waals surface area contributed by atoms with Crippen LogP contribution in [0.4, 0.5) is 0 Å². The van der Waals surface area contributed by atoms with Gasteiger partial charge in [0, 0.05) is 7.05 Å². The van der Waals surface area contributed by atoms with Gasteiger partial charge in [-0.2, -0.15) is 0 Å². The van der Waals surface area contributed by atoms with Gasteiger partial charge < -0.3 is 4.80 Å². The highest BCUT2D eigenvalue weighted by Crippen LogP contribution is 2.47. The maximum Gasteiger partial charge on any atom is 0.310 e. The third kappa shape index (κ3) is 3.44. The molecule has 0 aliphatic heterocycles. The van der Waals surface area contributed by atoms with Crippen LogP contribution in [0.1, 0.15) is 0 Å². The fraction of sp³-hybridized carbons (Fsp3) is 0.100. The number of nitrogens with zero attached hydrogens (tertiary/aromatic N) is 1. The van der Waals surface area contributed by atoms with Gasteiger partial charge in [-0.25, -0.2) is 0 Å². The van der Waals surface area contributed by atoms with Crippen molar-refractivity contribution in [1.29, 1.82) is 0 Å². The summed E-state index contributed by atoms with van der Waals surface area (Å²) in [7, 11) is -4.90. The first-order valence-corrected chi connectivity index (χ1v) is 12.7. The predicted octanol–water partition coefficient (Wildman–Crippen LogP) is 3.86. The second-order valence-corrected chi connectivity index (χ2v) is 12.8. The van der Waals surface area contributed by atoms with Gasteiger partial charge in [0.2, 0.25) is 0 Å². The van der Waals surface area contributed by atoms with Gasteiger partial charge in [0.05, 0.1) is 0 Å². The summed E-state index contributed by atoms with van der Waals surface area (Å²) in [5.74, 6) is 0. The van der Waals surface area contributed by atoms with Crippen LogP contribution in [0.2, 0.25) is 13.1 Å². The monoisotopic (exact) mass is 351 g/mol. The van der Waals surface area contributed by atoms with Crippen molar-refractivity contribution in [2.45, 2.75) is 13.1 Å². The Morgan fingerprint density at radius 3 is 1.17 bits per heavy atom. The van der Waals surface area contributed by atoms with Crippen LogP contribution in [-0.2, 0) is 0 Å². The van der Waals surface area contributed by atoms with Crippen molar-refractivity contribution >= 4 is 31.4 Å². The van der Waals surface area contributed by atoms with Crippen LogP contribution >= 0.6 is 7.05 Å². The molecule has 2 nitrogen and oxygen atoms in total. The zero-order valence-electron chi connectivity index (χ0n) is 14.0. The fourth-order valence-corrected chi connectivity index (χ4v) is 9.95. The molecule has 0 aliphatic carbocycles. The molecule has 4 heteroatoms. The maximum absolute atomic E-state index is 10.7. The molecule has 3 aromatic carbocycles. The first-order valence-electron chi connectivity index (χ1n) is 8.05. The SMILES string of the molecule is C[Si](C)(O)N=P(c1ccccc1)(c1ccccc1)c1ccccc1. The topological polar surface area (TPSA) is 32.6 Å². The summed E-state index contributed by atoms with van der Waals surface area (Å²) in [4.78, 5) is 10.7. The molecule has 0 saturated heterocycles. The Morgan fingerprint density at radius 2 is 0.917 bits per heavy atom. The summed E-state index contributed by atoms with van der Waals surface area (Å²) in [5.41, 5.74) is 0. The van der Waals surface area contributed by atoms with Crippen molar-refractivity contribution in [2.24, 2.45) is 4.41 Å². The Balaban J connectivity index is 2.45. The largest absolute Gasteiger partial charge is 0.414 e. The van der Waals surface area contributed by atoms with Crippen LogP contribution in [0.5, 0.6) is 0 Å². The highest BCUT2D eigenvalue weighted by molar-refractivity contribution is 7.88. The Bertz CT molecular complexity index is 740. The van der Waals surface area contributed by atoms with Crippen molar-refractivity contribution in [2.75, 3.05) is 0 Å². The highest BCUT2D eigenvalue weighted by Gasteiger charge is 2.31. The van der Waals surface area contributed by atoms with Gasteiger partial charge in [0.25, 0.3) is 0 Å². The molecular formula is C20H22NOPSi. The standard InChI is InChI=1S/C20H22NOPSi/c1-24(2,22)21-23(18-12-6-3-7-13-18,19-14-8-4-9-15-19)20-16-10-5-11-17-20/h3-17,22H,1-2H3. The molecule has 0 amide bonds. The van der Waals surface area contributed by atoms with E-state index >= 15 is 0 Å². The van der Waals surface area contributed by atoms with Crippen molar-refractivity contribution < 1.29 is 4.80 Å². The van der Waals surface area contributed by atoms with Gasteiger partial charge in [-0.05, 0) is 29.0 Å². The molecule has 0 radical (unpaired) electrons. The van der Waals surface area contributed by atoms with E-state index in [9.17, 15) is 4.80 Å². The molecule has 0 spiro atoms. The highest BCUT2D eigenvalue weighted by atomic mass is 31.2. The summed E-state index contributed by atoms with van der Waals surface area (Å²) in [6.45, 7) is 3.77. The third-order valence-electron chi connectivity index (χ3n) is 3.78. The predicted molar refractivity (Wildman–Crippen MR) is 107 cm³/mol. The third-order valence-corrected chi connectivity index (χ3v) is 10.1. The smallest absolute Gasteiger partial charge is 0.310 e. The van der Waals surface area contributed by atoms with E-state index in [0.29, 0.717) is 0 Å². The van der Waals surface area contributed by atoms with Crippen molar-refractivity contribution in [1.82, 2.24) is 0 Å². The molecule has 0 aromatic heterocycles. The van der Waals surface area contributed by atoms with E-state index in [0.717, 1.165) is 0 Å². The Labute approximate surface area is 145 Å². The number of rotatable bonds is 4. The van der Waals surface area contributed by atoms with E-state index in [1.54, 1.807) is 0 Å². The fourth-order valence-electron chi connectivity index (χ4n) is 2.92. The Hall–Kier alpha value is -1.93. The average molecular weight is 351 g/mol. The molecule has 0 heterocycles. The number of hydrogen-bond acceptors (Lipinski definition) is 2. The van der Waals surface area contributed by atoms with Gasteiger partial charge in [-0.15, -0.1) is 0 Å². The van der Waals surface area contributed by atoms with E-state index < -0.39 is 15.5 Å². The van der Waals surface area contributed by atoms with Gasteiger partial charge >= 0.3 is 8.48 Å². The summed E-state index contributed by atoms with van der Waals surface area (Å²) in [6, 6.07) is 31.2. The zero-order valence-corrected chi connectivity index (χ0v) is 15.9. The second kappa shape index (κ2) is 6.90. The minimum atomic E-state index is -2.67. The lowest BCUT2D eigenvalue weighted by Gasteiger charge is -2.29. The molecule has 0 saturated carbocycles. The van der Waals surface area contributed by atoms with Crippen LogP contribution in [0.15, 0.2) is 95.4 Å². The molecule has 0 atom stereocenters. The van der Waals surface area contributed by atoms with Crippen LogP contribution < -0.4 is 15.9 Å². The van der Waals surface area contributed by atoms with Crippen molar-refractivity contribution in [3.63, 3.8) is 0 Å². The van der Waals surface area contributed by atoms with Crippen LogP contribution in [0, 0.1) is 0 Å². The minimum absolute atomic E-state index is 1.18. The van der Waals surface area contributed by atoms with Crippen LogP contribution in [0.25, 0.3) is 0 Å². The van der Waals surface area contributed by atoms with E-state index in [4.69, 9.17) is 4.41 Å². The number of hydrogen-bond donors (Lipinski definition) is 1. The molecule has 3 rings (SSSR count). The molecule has 122 valence electrons. The van der Waals surface area contributed by atoms with E-state index in [-0.39, 0.29) is 0 Å². The van der Waals surface area contributed by atoms with Crippen molar-refractivity contribution in [3.05, 3.63) is 91.0 Å². The zero-order chi connectivity index (χ0) is 17.0. The lowest BCUT2D eigenvalue weighted by Crippen LogP contribution is -2.31. The Kier molecular flexibility index (Phi) is 4.86. The summed E-state index contributed by atoms with van der Waals surface area (Å²) < 4.78 is 5.16. The molecule has 3 aromatic rings. The molecular weight excluding hydrogens is 329 g/mol. The minimum Gasteiger partial charge on any atom is -0.414 e. The summed E-state index contributed by atoms with van der Waals surface area (Å²) in [5, 5.41) is 3.53. The van der Waals surface area contributed by atoms with E-state index in [1.807, 2.05) is 31.3 Å². The van der Waals surface area contributed by atoms with Gasteiger partial charge in [-0.1, -0.05) is 91.0 Å². The van der Waals surface area contributed by atoms with Gasteiger partial charge in [0.1, 0.15) is 0 Å². The lowest BCUT2D eigenvalue weighted by atomic mass is 10.4. The average Bonchev–Trinajstić information content (AvgIpc) is 2.61. The van der Waals surface area contributed by atoms with Gasteiger partial charge in [-0.3, -0.25) is 4.41 Å². The second-order valence-electron chi connectivity index (χ2n) is 6.24. The summed E-state index contributed by atoms with van der Waals surface area (Å²) >= 11 is 0. The molecule has 1 N–H and O–H groups in total. The van der Waals surface area contributed by atoms with Crippen molar-refractivity contribution in [3.8, 4) is 0 Å². The van der Waals surface area contributed by atoms with E-state index in [2.05, 4.69) is 72.8 Å². The summed E-state index contributed by atoms with van der Waals surface area (Å²) in [6.07, 6.45) is 0. The lowest BCUT2D eigenvalue weighted by molar-refractivity contribution is 0.555. The number of benzene rings is 3. The molecule has 0 unspecified atom stereocenters. The Morgan fingerprint density at radius 1 is 0.625 bits per heavy atom. The normalized spacial score (nSPS) is 12.0. The quantitative estimate of drug-likeness (QED) is 0.562. The molecule has 0 aliphatic rings. The molecule has 0 fully saturated rings. The van der Waals surface area contributed by atoms with Gasteiger partial charge in [0.15, 0.2) is 0 Å². The first-order chi connectivity index (χ1) is 11.5. The maximum atomic E-state index is 10.7. The first kappa shape index (κ1) is 16.9. The molecule has 24 heavy (non-hydrogen) atoms. The van der Waals surface area contributed by atoms with E-state index in [1.165, 1.54) is 15.9 Å².